The van der Waals surface area contributed by atoms with Crippen molar-refractivity contribution in [2.45, 2.75) is 32.6 Å². The monoisotopic (exact) mass is 276 g/mol. The summed E-state index contributed by atoms with van der Waals surface area (Å²) in [5, 5.41) is 6.28. The molecule has 0 spiro atoms. The Bertz CT molecular complexity index is 466. The van der Waals surface area contributed by atoms with Gasteiger partial charge in [-0.05, 0) is 49.5 Å². The molecular formula is C16H24N2O2. The Kier molecular flexibility index (Phi) is 5.01. The molecular weight excluding hydrogens is 252 g/mol. The fourth-order valence-electron chi connectivity index (χ4n) is 2.49. The molecule has 1 aliphatic heterocycles. The van der Waals surface area contributed by atoms with E-state index in [0.29, 0.717) is 5.92 Å². The maximum absolute atomic E-state index is 12.3. The highest BCUT2D eigenvalue weighted by Crippen LogP contribution is 2.29. The minimum absolute atomic E-state index is 0.0992. The molecule has 1 aromatic carbocycles. The highest BCUT2D eigenvalue weighted by Gasteiger charge is 2.21. The van der Waals surface area contributed by atoms with Crippen molar-refractivity contribution in [3.8, 4) is 5.75 Å². The van der Waals surface area contributed by atoms with Crippen LogP contribution in [0.2, 0.25) is 0 Å². The van der Waals surface area contributed by atoms with Gasteiger partial charge in [-0.1, -0.05) is 19.9 Å². The molecule has 0 aliphatic carbocycles. The van der Waals surface area contributed by atoms with Gasteiger partial charge in [0.2, 0.25) is 5.91 Å². The Labute approximate surface area is 120 Å². The van der Waals surface area contributed by atoms with Gasteiger partial charge in [-0.2, -0.15) is 0 Å². The van der Waals surface area contributed by atoms with Crippen LogP contribution >= 0.6 is 0 Å². The van der Waals surface area contributed by atoms with Crippen LogP contribution in [0.1, 0.15) is 38.2 Å². The van der Waals surface area contributed by atoms with Crippen LogP contribution in [-0.4, -0.2) is 26.1 Å². The molecule has 0 saturated carbocycles. The first-order valence-corrected chi connectivity index (χ1v) is 7.31. The Morgan fingerprint density at radius 2 is 2.05 bits per heavy atom. The number of methoxy groups -OCH3 is 1. The van der Waals surface area contributed by atoms with E-state index in [1.54, 1.807) is 7.11 Å². The van der Waals surface area contributed by atoms with Crippen molar-refractivity contribution in [3.63, 3.8) is 0 Å². The Hall–Kier alpha value is -1.55. The van der Waals surface area contributed by atoms with Gasteiger partial charge in [-0.25, -0.2) is 0 Å². The molecule has 0 atom stereocenters. The Morgan fingerprint density at radius 1 is 1.35 bits per heavy atom. The number of amides is 1. The van der Waals surface area contributed by atoms with Gasteiger partial charge in [-0.3, -0.25) is 4.79 Å². The zero-order valence-electron chi connectivity index (χ0n) is 12.5. The van der Waals surface area contributed by atoms with E-state index in [1.807, 2.05) is 18.2 Å². The first-order valence-electron chi connectivity index (χ1n) is 7.31. The number of piperidine rings is 1. The van der Waals surface area contributed by atoms with Crippen LogP contribution in [0.3, 0.4) is 0 Å². The van der Waals surface area contributed by atoms with E-state index < -0.39 is 0 Å². The molecule has 1 aliphatic rings. The third-order valence-electron chi connectivity index (χ3n) is 3.86. The summed E-state index contributed by atoms with van der Waals surface area (Å²) in [6.07, 6.45) is 1.80. The van der Waals surface area contributed by atoms with Gasteiger partial charge in [0, 0.05) is 5.92 Å². The van der Waals surface area contributed by atoms with Crippen LogP contribution in [0.25, 0.3) is 0 Å². The summed E-state index contributed by atoms with van der Waals surface area (Å²) in [5.74, 6) is 1.38. The van der Waals surface area contributed by atoms with Gasteiger partial charge in [-0.15, -0.1) is 0 Å². The molecule has 2 N–H and O–H groups in total. The van der Waals surface area contributed by atoms with Crippen LogP contribution in [-0.2, 0) is 4.79 Å². The summed E-state index contributed by atoms with van der Waals surface area (Å²) in [6.45, 7) is 6.12. The molecule has 1 amide bonds. The number of benzene rings is 1. The van der Waals surface area contributed by atoms with Crippen molar-refractivity contribution in [2.75, 3.05) is 25.5 Å². The third kappa shape index (κ3) is 3.51. The third-order valence-corrected chi connectivity index (χ3v) is 3.86. The molecule has 20 heavy (non-hydrogen) atoms. The minimum Gasteiger partial charge on any atom is -0.495 e. The molecule has 110 valence electrons. The van der Waals surface area contributed by atoms with Crippen molar-refractivity contribution < 1.29 is 9.53 Å². The SMILES string of the molecule is COc1cc(C(C)C)ccc1NC(=O)C1CCNCC1. The van der Waals surface area contributed by atoms with Gasteiger partial charge >= 0.3 is 0 Å². The Morgan fingerprint density at radius 3 is 2.65 bits per heavy atom. The maximum Gasteiger partial charge on any atom is 0.227 e. The second-order valence-electron chi connectivity index (χ2n) is 5.63. The Balaban J connectivity index is 2.09. The maximum atomic E-state index is 12.3. The second kappa shape index (κ2) is 6.75. The summed E-state index contributed by atoms with van der Waals surface area (Å²) in [5.41, 5.74) is 1.97. The van der Waals surface area contributed by atoms with Crippen molar-refractivity contribution >= 4 is 11.6 Å². The predicted molar refractivity (Wildman–Crippen MR) is 81.3 cm³/mol. The lowest BCUT2D eigenvalue weighted by atomic mass is 9.97. The molecule has 1 heterocycles. The van der Waals surface area contributed by atoms with E-state index in [-0.39, 0.29) is 11.8 Å². The number of ether oxygens (including phenoxy) is 1. The number of rotatable bonds is 4. The van der Waals surface area contributed by atoms with Crippen molar-refractivity contribution in [1.82, 2.24) is 5.32 Å². The molecule has 0 radical (unpaired) electrons. The second-order valence-corrected chi connectivity index (χ2v) is 5.63. The first kappa shape index (κ1) is 14.9. The van der Waals surface area contributed by atoms with Crippen LogP contribution in [0.4, 0.5) is 5.69 Å². The average Bonchev–Trinajstić information content (AvgIpc) is 2.48. The van der Waals surface area contributed by atoms with Crippen molar-refractivity contribution in [2.24, 2.45) is 5.92 Å². The number of hydrogen-bond donors (Lipinski definition) is 2. The number of hydrogen-bond acceptors (Lipinski definition) is 3. The summed E-state index contributed by atoms with van der Waals surface area (Å²) in [7, 11) is 1.64. The lowest BCUT2D eigenvalue weighted by molar-refractivity contribution is -0.120. The molecule has 1 aromatic rings. The lowest BCUT2D eigenvalue weighted by Gasteiger charge is -2.22. The van der Waals surface area contributed by atoms with E-state index in [9.17, 15) is 4.79 Å². The van der Waals surface area contributed by atoms with Gasteiger partial charge in [0.25, 0.3) is 0 Å². The number of carbonyl (C=O) groups is 1. The predicted octanol–water partition coefficient (Wildman–Crippen LogP) is 2.76. The van der Waals surface area contributed by atoms with E-state index in [1.165, 1.54) is 5.56 Å². The molecule has 4 heteroatoms. The van der Waals surface area contributed by atoms with Crippen LogP contribution in [0.5, 0.6) is 5.75 Å². The summed E-state index contributed by atoms with van der Waals surface area (Å²) < 4.78 is 5.40. The van der Waals surface area contributed by atoms with E-state index in [0.717, 1.165) is 37.4 Å². The molecule has 0 bridgehead atoms. The van der Waals surface area contributed by atoms with Gasteiger partial charge in [0.1, 0.15) is 5.75 Å². The minimum atomic E-state index is 0.0992. The molecule has 1 saturated heterocycles. The van der Waals surface area contributed by atoms with Crippen molar-refractivity contribution in [1.29, 1.82) is 0 Å². The van der Waals surface area contributed by atoms with Crippen LogP contribution < -0.4 is 15.4 Å². The van der Waals surface area contributed by atoms with E-state index in [4.69, 9.17) is 4.74 Å². The van der Waals surface area contributed by atoms with Crippen LogP contribution in [0, 0.1) is 5.92 Å². The topological polar surface area (TPSA) is 50.4 Å². The van der Waals surface area contributed by atoms with Gasteiger partial charge in [0.05, 0.1) is 12.8 Å². The highest BCUT2D eigenvalue weighted by atomic mass is 16.5. The normalized spacial score (nSPS) is 16.2. The largest absolute Gasteiger partial charge is 0.495 e. The highest BCUT2D eigenvalue weighted by molar-refractivity contribution is 5.94. The lowest BCUT2D eigenvalue weighted by Crippen LogP contribution is -2.34. The summed E-state index contributed by atoms with van der Waals surface area (Å²) >= 11 is 0. The fourth-order valence-corrected chi connectivity index (χ4v) is 2.49. The van der Waals surface area contributed by atoms with Crippen LogP contribution in [0.15, 0.2) is 18.2 Å². The van der Waals surface area contributed by atoms with E-state index in [2.05, 4.69) is 24.5 Å². The van der Waals surface area contributed by atoms with Crippen molar-refractivity contribution in [3.05, 3.63) is 23.8 Å². The first-order chi connectivity index (χ1) is 9.61. The number of nitrogens with one attached hydrogen (secondary N) is 2. The summed E-state index contributed by atoms with van der Waals surface area (Å²) in [6, 6.07) is 5.99. The fraction of sp³-hybridized carbons (Fsp3) is 0.562. The van der Waals surface area contributed by atoms with E-state index >= 15 is 0 Å². The zero-order valence-corrected chi connectivity index (χ0v) is 12.5. The number of anilines is 1. The average molecular weight is 276 g/mol. The quantitative estimate of drug-likeness (QED) is 0.889. The molecule has 0 unspecified atom stereocenters. The molecule has 0 aromatic heterocycles. The summed E-state index contributed by atoms with van der Waals surface area (Å²) in [4.78, 5) is 12.3. The standard InChI is InChI=1S/C16H24N2O2/c1-11(2)13-4-5-14(15(10-13)20-3)18-16(19)12-6-8-17-9-7-12/h4-5,10-12,17H,6-9H2,1-3H3,(H,18,19). The number of carbonyl (C=O) groups excluding carboxylic acids is 1. The molecule has 2 rings (SSSR count). The van der Waals surface area contributed by atoms with Gasteiger partial charge in [0.15, 0.2) is 0 Å². The zero-order chi connectivity index (χ0) is 14.5. The molecule has 4 nitrogen and oxygen atoms in total. The molecule has 1 fully saturated rings. The smallest absolute Gasteiger partial charge is 0.227 e. The van der Waals surface area contributed by atoms with Gasteiger partial charge < -0.3 is 15.4 Å².